The molecule has 1 aromatic heterocycles. The molecule has 1 aliphatic rings. The van der Waals surface area contributed by atoms with Crippen molar-refractivity contribution in [3.8, 4) is 6.07 Å². The molecule has 2 rings (SSSR count). The summed E-state index contributed by atoms with van der Waals surface area (Å²) in [7, 11) is 1.92. The third-order valence-electron chi connectivity index (χ3n) is 4.09. The van der Waals surface area contributed by atoms with Crippen molar-refractivity contribution >= 4 is 0 Å². The second-order valence-corrected chi connectivity index (χ2v) is 5.46. The molecule has 104 valence electrons. The summed E-state index contributed by atoms with van der Waals surface area (Å²) >= 11 is 0. The number of aromatic nitrogens is 1. The van der Waals surface area contributed by atoms with Crippen LogP contribution in [-0.2, 0) is 13.6 Å². The van der Waals surface area contributed by atoms with Crippen LogP contribution in [0.5, 0.6) is 0 Å². The summed E-state index contributed by atoms with van der Waals surface area (Å²) in [6.07, 6.45) is 4.64. The molecular formula is C15H24N4. The van der Waals surface area contributed by atoms with Crippen LogP contribution in [0.1, 0.15) is 31.0 Å². The molecule has 2 heterocycles. The fraction of sp³-hybridized carbons (Fsp3) is 0.667. The number of nitriles is 1. The third-order valence-corrected chi connectivity index (χ3v) is 4.09. The van der Waals surface area contributed by atoms with Gasteiger partial charge in [-0.25, -0.2) is 0 Å². The summed E-state index contributed by atoms with van der Waals surface area (Å²) in [6, 6.07) is 4.16. The minimum Gasteiger partial charge on any atom is -0.342 e. The molecular weight excluding hydrogens is 236 g/mol. The molecule has 1 aromatic rings. The summed E-state index contributed by atoms with van der Waals surface area (Å²) in [5.74, 6) is 0.807. The van der Waals surface area contributed by atoms with Crippen LogP contribution in [0.2, 0.25) is 0 Å². The second-order valence-electron chi connectivity index (χ2n) is 5.46. The Morgan fingerprint density at radius 3 is 2.74 bits per heavy atom. The van der Waals surface area contributed by atoms with Gasteiger partial charge in [-0.1, -0.05) is 6.92 Å². The Hall–Kier alpha value is -1.31. The molecule has 0 atom stereocenters. The first kappa shape index (κ1) is 14.1. The molecule has 1 fully saturated rings. The third kappa shape index (κ3) is 3.82. The Kier molecular flexibility index (Phi) is 5.00. The number of nitrogens with one attached hydrogen (secondary N) is 1. The van der Waals surface area contributed by atoms with Gasteiger partial charge in [-0.3, -0.25) is 0 Å². The van der Waals surface area contributed by atoms with Crippen LogP contribution in [0.15, 0.2) is 12.3 Å². The lowest BCUT2D eigenvalue weighted by Gasteiger charge is -2.31. The van der Waals surface area contributed by atoms with Crippen molar-refractivity contribution in [2.45, 2.75) is 26.3 Å². The predicted octanol–water partition coefficient (Wildman–Crippen LogP) is 1.72. The maximum absolute atomic E-state index is 8.91. The van der Waals surface area contributed by atoms with E-state index >= 15 is 0 Å². The standard InChI is InChI=1S/C15H24N4/c1-3-19-6-4-13(5-7-19)10-17-11-14-8-15(9-16)18(2)12-14/h8,12-13,17H,3-7,10-11H2,1-2H3. The van der Waals surface area contributed by atoms with E-state index in [0.29, 0.717) is 0 Å². The number of hydrogen-bond acceptors (Lipinski definition) is 3. The first-order chi connectivity index (χ1) is 9.22. The van der Waals surface area contributed by atoms with Crippen LogP contribution in [-0.4, -0.2) is 35.6 Å². The molecule has 1 aliphatic heterocycles. The highest BCUT2D eigenvalue weighted by atomic mass is 15.1. The van der Waals surface area contributed by atoms with Crippen LogP contribution in [0, 0.1) is 17.2 Å². The van der Waals surface area contributed by atoms with Crippen LogP contribution in [0.4, 0.5) is 0 Å². The molecule has 1 saturated heterocycles. The number of rotatable bonds is 5. The maximum atomic E-state index is 8.91. The van der Waals surface area contributed by atoms with Gasteiger partial charge in [0, 0.05) is 19.8 Å². The van der Waals surface area contributed by atoms with Crippen molar-refractivity contribution < 1.29 is 0 Å². The van der Waals surface area contributed by atoms with Crippen LogP contribution in [0.25, 0.3) is 0 Å². The van der Waals surface area contributed by atoms with Crippen molar-refractivity contribution in [2.75, 3.05) is 26.2 Å². The smallest absolute Gasteiger partial charge is 0.120 e. The molecule has 4 nitrogen and oxygen atoms in total. The highest BCUT2D eigenvalue weighted by molar-refractivity contribution is 5.28. The lowest BCUT2D eigenvalue weighted by atomic mass is 9.97. The zero-order chi connectivity index (χ0) is 13.7. The van der Waals surface area contributed by atoms with E-state index in [-0.39, 0.29) is 0 Å². The molecule has 19 heavy (non-hydrogen) atoms. The number of hydrogen-bond donors (Lipinski definition) is 1. The molecule has 0 bridgehead atoms. The van der Waals surface area contributed by atoms with E-state index in [1.807, 2.05) is 23.9 Å². The monoisotopic (exact) mass is 260 g/mol. The van der Waals surface area contributed by atoms with Crippen LogP contribution in [0.3, 0.4) is 0 Å². The minimum absolute atomic E-state index is 0.730. The molecule has 0 spiro atoms. The van der Waals surface area contributed by atoms with E-state index in [2.05, 4.69) is 23.2 Å². The van der Waals surface area contributed by atoms with Crippen molar-refractivity contribution in [3.63, 3.8) is 0 Å². The quantitative estimate of drug-likeness (QED) is 0.876. The predicted molar refractivity (Wildman–Crippen MR) is 76.7 cm³/mol. The van der Waals surface area contributed by atoms with Crippen molar-refractivity contribution in [1.29, 1.82) is 5.26 Å². The van der Waals surface area contributed by atoms with Crippen LogP contribution < -0.4 is 5.32 Å². The lowest BCUT2D eigenvalue weighted by Crippen LogP contribution is -2.36. The van der Waals surface area contributed by atoms with E-state index < -0.39 is 0 Å². The average molecular weight is 260 g/mol. The molecule has 4 heteroatoms. The molecule has 0 aliphatic carbocycles. The summed E-state index contributed by atoms with van der Waals surface area (Å²) in [4.78, 5) is 2.52. The topological polar surface area (TPSA) is 44.0 Å². The highest BCUT2D eigenvalue weighted by Crippen LogP contribution is 2.16. The first-order valence-corrected chi connectivity index (χ1v) is 7.21. The normalized spacial score (nSPS) is 17.5. The van der Waals surface area contributed by atoms with Gasteiger partial charge in [-0.2, -0.15) is 5.26 Å². The highest BCUT2D eigenvalue weighted by Gasteiger charge is 2.17. The van der Waals surface area contributed by atoms with Gasteiger partial charge < -0.3 is 14.8 Å². The number of piperidine rings is 1. The van der Waals surface area contributed by atoms with Gasteiger partial charge in [0.25, 0.3) is 0 Å². The Morgan fingerprint density at radius 2 is 2.16 bits per heavy atom. The van der Waals surface area contributed by atoms with E-state index in [1.54, 1.807) is 0 Å². The summed E-state index contributed by atoms with van der Waals surface area (Å²) in [6.45, 7) is 7.86. The van der Waals surface area contributed by atoms with Crippen molar-refractivity contribution in [1.82, 2.24) is 14.8 Å². The van der Waals surface area contributed by atoms with E-state index in [1.165, 1.54) is 38.0 Å². The SMILES string of the molecule is CCN1CCC(CNCc2cc(C#N)n(C)c2)CC1. The molecule has 0 amide bonds. The number of nitrogens with zero attached hydrogens (tertiary/aromatic N) is 3. The van der Waals surface area contributed by atoms with Gasteiger partial charge in [0.05, 0.1) is 0 Å². The van der Waals surface area contributed by atoms with Crippen molar-refractivity contribution in [2.24, 2.45) is 13.0 Å². The zero-order valence-corrected chi connectivity index (χ0v) is 12.0. The molecule has 0 saturated carbocycles. The largest absolute Gasteiger partial charge is 0.342 e. The minimum atomic E-state index is 0.730. The Labute approximate surface area is 116 Å². The summed E-state index contributed by atoms with van der Waals surface area (Å²) in [5.41, 5.74) is 1.93. The van der Waals surface area contributed by atoms with E-state index in [0.717, 1.165) is 24.7 Å². The van der Waals surface area contributed by atoms with Gasteiger partial charge in [-0.15, -0.1) is 0 Å². The molecule has 0 unspecified atom stereocenters. The number of aryl methyl sites for hydroxylation is 1. The van der Waals surface area contributed by atoms with E-state index in [9.17, 15) is 0 Å². The van der Waals surface area contributed by atoms with Crippen LogP contribution >= 0.6 is 0 Å². The Bertz CT molecular complexity index is 435. The fourth-order valence-corrected chi connectivity index (χ4v) is 2.77. The summed E-state index contributed by atoms with van der Waals surface area (Å²) < 4.78 is 1.89. The Balaban J connectivity index is 1.71. The molecule has 0 radical (unpaired) electrons. The number of likely N-dealkylation sites (tertiary alicyclic amines) is 1. The maximum Gasteiger partial charge on any atom is 0.120 e. The summed E-state index contributed by atoms with van der Waals surface area (Å²) in [5, 5.41) is 12.4. The molecule has 1 N–H and O–H groups in total. The first-order valence-electron chi connectivity index (χ1n) is 7.21. The van der Waals surface area contributed by atoms with Crippen molar-refractivity contribution in [3.05, 3.63) is 23.5 Å². The zero-order valence-electron chi connectivity index (χ0n) is 12.0. The Morgan fingerprint density at radius 1 is 1.42 bits per heavy atom. The van der Waals surface area contributed by atoms with Gasteiger partial charge in [0.1, 0.15) is 11.8 Å². The van der Waals surface area contributed by atoms with Gasteiger partial charge >= 0.3 is 0 Å². The second kappa shape index (κ2) is 6.74. The van der Waals surface area contributed by atoms with Gasteiger partial charge in [0.2, 0.25) is 0 Å². The van der Waals surface area contributed by atoms with Gasteiger partial charge in [-0.05, 0) is 56.6 Å². The van der Waals surface area contributed by atoms with Gasteiger partial charge in [0.15, 0.2) is 0 Å². The average Bonchev–Trinajstić information content (AvgIpc) is 2.80. The fourth-order valence-electron chi connectivity index (χ4n) is 2.77. The lowest BCUT2D eigenvalue weighted by molar-refractivity contribution is 0.190. The molecule has 0 aromatic carbocycles. The van der Waals surface area contributed by atoms with E-state index in [4.69, 9.17) is 5.26 Å².